The number of thiazole rings is 1. The van der Waals surface area contributed by atoms with E-state index in [1.807, 2.05) is 29.2 Å². The minimum atomic E-state index is -0.276. The summed E-state index contributed by atoms with van der Waals surface area (Å²) in [5.41, 5.74) is 1.68. The third-order valence-corrected chi connectivity index (χ3v) is 6.73. The topological polar surface area (TPSA) is 97.6 Å². The molecule has 0 atom stereocenters. The average molecular weight is 463 g/mol. The summed E-state index contributed by atoms with van der Waals surface area (Å²) in [6, 6.07) is 12.8. The first-order chi connectivity index (χ1) is 16.1. The molecular formula is C24H22N4O4S. The molecule has 1 N–H and O–H groups in total. The maximum absolute atomic E-state index is 12.9. The van der Waals surface area contributed by atoms with Crippen LogP contribution >= 0.6 is 11.3 Å². The number of rotatable bonds is 5. The fraction of sp³-hybridized carbons (Fsp3) is 0.250. The van der Waals surface area contributed by atoms with Gasteiger partial charge in [-0.05, 0) is 31.0 Å². The van der Waals surface area contributed by atoms with Crippen LogP contribution in [0.2, 0.25) is 0 Å². The number of hydrogen-bond acceptors (Lipinski definition) is 7. The number of nitrogens with zero attached hydrogens (tertiary/aromatic N) is 3. The van der Waals surface area contributed by atoms with Crippen LogP contribution in [0.5, 0.6) is 5.88 Å². The van der Waals surface area contributed by atoms with Gasteiger partial charge in [0.25, 0.3) is 11.8 Å². The van der Waals surface area contributed by atoms with Crippen LogP contribution in [-0.4, -0.2) is 46.9 Å². The van der Waals surface area contributed by atoms with Gasteiger partial charge in [0.1, 0.15) is 11.3 Å². The molecule has 1 aromatic carbocycles. The third kappa shape index (κ3) is 4.45. The minimum Gasteiger partial charge on any atom is -0.481 e. The van der Waals surface area contributed by atoms with Gasteiger partial charge >= 0.3 is 0 Å². The van der Waals surface area contributed by atoms with Crippen molar-refractivity contribution in [2.75, 3.05) is 25.5 Å². The lowest BCUT2D eigenvalue weighted by Gasteiger charge is -2.30. The Morgan fingerprint density at radius 1 is 1.18 bits per heavy atom. The molecule has 9 heteroatoms. The first-order valence-electron chi connectivity index (χ1n) is 10.7. The number of carbonyl (C=O) groups excluding carboxylic acids is 2. The fourth-order valence-electron chi connectivity index (χ4n) is 3.92. The highest BCUT2D eigenvalue weighted by Crippen LogP contribution is 2.31. The molecule has 1 aliphatic heterocycles. The van der Waals surface area contributed by atoms with E-state index in [1.54, 1.807) is 29.8 Å². The van der Waals surface area contributed by atoms with Crippen LogP contribution in [0.4, 0.5) is 5.69 Å². The molecule has 3 aromatic heterocycles. The van der Waals surface area contributed by atoms with E-state index < -0.39 is 0 Å². The molecule has 1 aliphatic rings. The molecule has 33 heavy (non-hydrogen) atoms. The Kier molecular flexibility index (Phi) is 5.78. The zero-order valence-corrected chi connectivity index (χ0v) is 18.8. The number of para-hydroxylation sites is 1. The molecule has 4 aromatic rings. The molecular weight excluding hydrogens is 440 g/mol. The van der Waals surface area contributed by atoms with E-state index in [0.29, 0.717) is 36.1 Å². The summed E-state index contributed by atoms with van der Waals surface area (Å²) in [7, 11) is 1.54. The summed E-state index contributed by atoms with van der Waals surface area (Å²) in [6.45, 7) is 1.25. The number of fused-ring (bicyclic) bond motifs is 1. The Morgan fingerprint density at radius 2 is 2.00 bits per heavy atom. The van der Waals surface area contributed by atoms with Crippen LogP contribution in [0.15, 0.2) is 58.5 Å². The highest BCUT2D eigenvalue weighted by Gasteiger charge is 2.28. The van der Waals surface area contributed by atoms with Crippen LogP contribution < -0.4 is 10.1 Å². The summed E-state index contributed by atoms with van der Waals surface area (Å²) >= 11 is 1.48. The number of benzene rings is 1. The third-order valence-electron chi connectivity index (χ3n) is 5.73. The van der Waals surface area contributed by atoms with Crippen molar-refractivity contribution in [1.82, 2.24) is 14.9 Å². The molecule has 2 amide bonds. The van der Waals surface area contributed by atoms with Crippen molar-refractivity contribution in [3.8, 4) is 5.88 Å². The molecule has 1 fully saturated rings. The van der Waals surface area contributed by atoms with E-state index >= 15 is 0 Å². The van der Waals surface area contributed by atoms with Crippen molar-refractivity contribution in [3.63, 3.8) is 0 Å². The smallest absolute Gasteiger partial charge is 0.289 e. The molecule has 0 spiro atoms. The van der Waals surface area contributed by atoms with Gasteiger partial charge in [-0.3, -0.25) is 9.59 Å². The fourth-order valence-corrected chi connectivity index (χ4v) is 4.89. The van der Waals surface area contributed by atoms with Crippen molar-refractivity contribution >= 4 is 39.8 Å². The Bertz CT molecular complexity index is 1260. The number of piperidine rings is 1. The number of pyridine rings is 1. The zero-order valence-electron chi connectivity index (χ0n) is 18.0. The lowest BCUT2D eigenvalue weighted by atomic mass is 9.97. The van der Waals surface area contributed by atoms with Gasteiger partial charge < -0.3 is 19.4 Å². The SMILES string of the molecule is COc1ccc(NC(=O)c2csc(C3CCN(C(=O)c4cc5ccccc5o4)CC3)n2)cn1. The molecule has 4 heterocycles. The Hall–Kier alpha value is -3.72. The summed E-state index contributed by atoms with van der Waals surface area (Å²) in [6.07, 6.45) is 3.13. The van der Waals surface area contributed by atoms with Crippen molar-refractivity contribution in [2.45, 2.75) is 18.8 Å². The standard InChI is InChI=1S/C24H22N4O4S/c1-31-21-7-6-17(13-25-21)26-22(29)18-14-33-23(27-18)15-8-10-28(11-9-15)24(30)20-12-16-4-2-3-5-19(16)32-20/h2-7,12-15H,8-11H2,1H3,(H,26,29). The molecule has 1 saturated heterocycles. The second-order valence-electron chi connectivity index (χ2n) is 7.83. The largest absolute Gasteiger partial charge is 0.481 e. The molecule has 8 nitrogen and oxygen atoms in total. The Balaban J connectivity index is 1.19. The second-order valence-corrected chi connectivity index (χ2v) is 8.72. The zero-order chi connectivity index (χ0) is 22.8. The number of methoxy groups -OCH3 is 1. The van der Waals surface area contributed by atoms with Crippen LogP contribution in [-0.2, 0) is 0 Å². The number of likely N-dealkylation sites (tertiary alicyclic amines) is 1. The minimum absolute atomic E-state index is 0.0862. The number of carbonyl (C=O) groups is 2. The highest BCUT2D eigenvalue weighted by atomic mass is 32.1. The number of furan rings is 1. The number of amides is 2. The normalized spacial score (nSPS) is 14.4. The van der Waals surface area contributed by atoms with E-state index in [2.05, 4.69) is 15.3 Å². The van der Waals surface area contributed by atoms with Gasteiger partial charge in [0.2, 0.25) is 5.88 Å². The lowest BCUT2D eigenvalue weighted by molar-refractivity contribution is 0.0683. The molecule has 0 saturated carbocycles. The second kappa shape index (κ2) is 9.03. The molecule has 0 unspecified atom stereocenters. The maximum atomic E-state index is 12.9. The Morgan fingerprint density at radius 3 is 2.73 bits per heavy atom. The quantitative estimate of drug-likeness (QED) is 0.467. The van der Waals surface area contributed by atoms with Gasteiger partial charge in [-0.15, -0.1) is 11.3 Å². The van der Waals surface area contributed by atoms with Gasteiger partial charge in [-0.1, -0.05) is 18.2 Å². The molecule has 0 bridgehead atoms. The van der Waals surface area contributed by atoms with Gasteiger partial charge in [-0.2, -0.15) is 0 Å². The monoisotopic (exact) mass is 462 g/mol. The number of hydrogen-bond donors (Lipinski definition) is 1. The van der Waals surface area contributed by atoms with Crippen LogP contribution in [0.3, 0.4) is 0 Å². The van der Waals surface area contributed by atoms with Gasteiger partial charge in [0.15, 0.2) is 5.76 Å². The van der Waals surface area contributed by atoms with Crippen molar-refractivity contribution in [3.05, 3.63) is 70.5 Å². The van der Waals surface area contributed by atoms with E-state index in [4.69, 9.17) is 9.15 Å². The Labute approximate surface area is 194 Å². The van der Waals surface area contributed by atoms with Gasteiger partial charge in [0.05, 0.1) is 24.0 Å². The molecule has 168 valence electrons. The molecule has 0 radical (unpaired) electrons. The summed E-state index contributed by atoms with van der Waals surface area (Å²) in [5.74, 6) is 0.711. The summed E-state index contributed by atoms with van der Waals surface area (Å²) in [5, 5.41) is 6.42. The van der Waals surface area contributed by atoms with Crippen LogP contribution in [0, 0.1) is 0 Å². The first kappa shape index (κ1) is 21.1. The highest BCUT2D eigenvalue weighted by molar-refractivity contribution is 7.10. The molecule has 0 aliphatic carbocycles. The van der Waals surface area contributed by atoms with Crippen molar-refractivity contribution < 1.29 is 18.7 Å². The first-order valence-corrected chi connectivity index (χ1v) is 11.5. The van der Waals surface area contributed by atoms with Crippen LogP contribution in [0.25, 0.3) is 11.0 Å². The number of ether oxygens (including phenoxy) is 1. The maximum Gasteiger partial charge on any atom is 0.289 e. The van der Waals surface area contributed by atoms with E-state index in [-0.39, 0.29) is 17.7 Å². The van der Waals surface area contributed by atoms with E-state index in [0.717, 1.165) is 28.8 Å². The summed E-state index contributed by atoms with van der Waals surface area (Å²) < 4.78 is 10.8. The number of nitrogens with one attached hydrogen (secondary N) is 1. The molecule has 5 rings (SSSR count). The predicted octanol–water partition coefficient (Wildman–Crippen LogP) is 4.57. The van der Waals surface area contributed by atoms with Gasteiger partial charge in [0, 0.05) is 35.8 Å². The average Bonchev–Trinajstić information content (AvgIpc) is 3.52. The van der Waals surface area contributed by atoms with Crippen molar-refractivity contribution in [2.24, 2.45) is 0 Å². The van der Waals surface area contributed by atoms with Gasteiger partial charge in [-0.25, -0.2) is 9.97 Å². The van der Waals surface area contributed by atoms with E-state index in [9.17, 15) is 9.59 Å². The number of aromatic nitrogens is 2. The summed E-state index contributed by atoms with van der Waals surface area (Å²) in [4.78, 5) is 35.9. The van der Waals surface area contributed by atoms with Crippen LogP contribution in [0.1, 0.15) is 44.8 Å². The van der Waals surface area contributed by atoms with E-state index in [1.165, 1.54) is 18.4 Å². The predicted molar refractivity (Wildman–Crippen MR) is 125 cm³/mol. The lowest BCUT2D eigenvalue weighted by Crippen LogP contribution is -2.37. The number of anilines is 1. The van der Waals surface area contributed by atoms with Crippen molar-refractivity contribution in [1.29, 1.82) is 0 Å².